The highest BCUT2D eigenvalue weighted by Crippen LogP contribution is 2.37. The van der Waals surface area contributed by atoms with Gasteiger partial charge in [0.2, 0.25) is 0 Å². The molecule has 110 valence electrons. The second kappa shape index (κ2) is 6.23. The maximum absolute atomic E-state index is 4.26. The predicted molar refractivity (Wildman–Crippen MR) is 82.4 cm³/mol. The zero-order valence-electron chi connectivity index (χ0n) is 12.8. The van der Waals surface area contributed by atoms with Gasteiger partial charge in [0.15, 0.2) is 0 Å². The van der Waals surface area contributed by atoms with Gasteiger partial charge in [-0.25, -0.2) is 0 Å². The minimum Gasteiger partial charge on any atom is -0.311 e. The van der Waals surface area contributed by atoms with Gasteiger partial charge in [0.25, 0.3) is 0 Å². The van der Waals surface area contributed by atoms with Crippen molar-refractivity contribution in [2.45, 2.75) is 51.7 Å². The Labute approximate surface area is 122 Å². The summed E-state index contributed by atoms with van der Waals surface area (Å²) in [5, 5.41) is 3.80. The van der Waals surface area contributed by atoms with Gasteiger partial charge >= 0.3 is 0 Å². The number of hydrogen-bond donors (Lipinski definition) is 1. The summed E-state index contributed by atoms with van der Waals surface area (Å²) < 4.78 is 0. The van der Waals surface area contributed by atoms with Crippen LogP contribution in [0.2, 0.25) is 0 Å². The lowest BCUT2D eigenvalue weighted by Gasteiger charge is -2.42. The van der Waals surface area contributed by atoms with Gasteiger partial charge in [-0.1, -0.05) is 26.3 Å². The summed E-state index contributed by atoms with van der Waals surface area (Å²) in [5.74, 6) is 1.68. The van der Waals surface area contributed by atoms with Crippen molar-refractivity contribution in [2.75, 3.05) is 13.1 Å². The molecule has 3 heteroatoms. The summed E-state index contributed by atoms with van der Waals surface area (Å²) >= 11 is 0. The van der Waals surface area contributed by atoms with Gasteiger partial charge in [-0.15, -0.1) is 0 Å². The fraction of sp³-hybridized carbons (Fsp3) is 0.706. The number of rotatable bonds is 5. The first kappa shape index (κ1) is 14.0. The summed E-state index contributed by atoms with van der Waals surface area (Å²) in [4.78, 5) is 6.97. The van der Waals surface area contributed by atoms with E-state index in [2.05, 4.69) is 41.2 Å². The number of nitrogens with zero attached hydrogens (tertiary/aromatic N) is 2. The van der Waals surface area contributed by atoms with Crippen LogP contribution in [0.1, 0.15) is 38.7 Å². The van der Waals surface area contributed by atoms with Crippen molar-refractivity contribution >= 4 is 0 Å². The highest BCUT2D eigenvalue weighted by Gasteiger charge is 2.39. The second-order valence-corrected chi connectivity index (χ2v) is 6.60. The average molecular weight is 273 g/mol. The third-order valence-corrected chi connectivity index (χ3v) is 5.09. The number of pyridine rings is 1. The highest BCUT2D eigenvalue weighted by atomic mass is 15.2. The molecule has 3 nitrogen and oxygen atoms in total. The van der Waals surface area contributed by atoms with Crippen molar-refractivity contribution < 1.29 is 0 Å². The second-order valence-electron chi connectivity index (χ2n) is 6.60. The first-order valence-electron chi connectivity index (χ1n) is 8.14. The molecule has 1 aliphatic carbocycles. The van der Waals surface area contributed by atoms with E-state index in [4.69, 9.17) is 0 Å². The summed E-state index contributed by atoms with van der Waals surface area (Å²) in [6.45, 7) is 8.08. The molecule has 3 unspecified atom stereocenters. The van der Waals surface area contributed by atoms with E-state index in [1.807, 2.05) is 12.4 Å². The van der Waals surface area contributed by atoms with E-state index in [1.54, 1.807) is 0 Å². The van der Waals surface area contributed by atoms with Crippen LogP contribution in [0.25, 0.3) is 0 Å². The summed E-state index contributed by atoms with van der Waals surface area (Å²) in [6.07, 6.45) is 7.98. The van der Waals surface area contributed by atoms with Crippen molar-refractivity contribution in [2.24, 2.45) is 11.8 Å². The molecule has 3 atom stereocenters. The van der Waals surface area contributed by atoms with Crippen molar-refractivity contribution in [1.82, 2.24) is 15.2 Å². The molecule has 1 saturated carbocycles. The van der Waals surface area contributed by atoms with E-state index in [-0.39, 0.29) is 0 Å². The molecule has 0 aromatic carbocycles. The van der Waals surface area contributed by atoms with Gasteiger partial charge in [0.1, 0.15) is 0 Å². The lowest BCUT2D eigenvalue weighted by atomic mass is 9.94. The van der Waals surface area contributed by atoms with Crippen LogP contribution in [0.4, 0.5) is 0 Å². The molecule has 20 heavy (non-hydrogen) atoms. The SMILES string of the molecule is CCC(C)C1CN(Cc2cccnc2)C(C2CC2)CN1. The minimum atomic E-state index is 0.645. The molecule has 1 N–H and O–H groups in total. The minimum absolute atomic E-state index is 0.645. The normalized spacial score (nSPS) is 29.3. The van der Waals surface area contributed by atoms with Crippen LogP contribution in [0.15, 0.2) is 24.5 Å². The fourth-order valence-electron chi connectivity index (χ4n) is 3.37. The Bertz CT molecular complexity index is 416. The monoisotopic (exact) mass is 273 g/mol. The standard InChI is InChI=1S/C17H27N3/c1-3-13(2)16-12-20(11-14-5-4-8-18-9-14)17(10-19-16)15-6-7-15/h4-5,8-9,13,15-17,19H,3,6-7,10-12H2,1-2H3. The molecule has 2 aliphatic rings. The van der Waals surface area contributed by atoms with Crippen molar-refractivity contribution in [1.29, 1.82) is 0 Å². The maximum Gasteiger partial charge on any atom is 0.0312 e. The first-order valence-corrected chi connectivity index (χ1v) is 8.14. The third kappa shape index (κ3) is 3.21. The largest absolute Gasteiger partial charge is 0.311 e. The van der Waals surface area contributed by atoms with Gasteiger partial charge < -0.3 is 5.32 Å². The molecule has 0 bridgehead atoms. The quantitative estimate of drug-likeness (QED) is 0.894. The molecule has 3 rings (SSSR count). The van der Waals surface area contributed by atoms with E-state index in [0.29, 0.717) is 6.04 Å². The van der Waals surface area contributed by atoms with E-state index >= 15 is 0 Å². The van der Waals surface area contributed by atoms with Gasteiger partial charge in [0.05, 0.1) is 0 Å². The van der Waals surface area contributed by atoms with E-state index < -0.39 is 0 Å². The smallest absolute Gasteiger partial charge is 0.0312 e. The topological polar surface area (TPSA) is 28.2 Å². The molecular formula is C17H27N3. The van der Waals surface area contributed by atoms with Gasteiger partial charge in [-0.3, -0.25) is 9.88 Å². The van der Waals surface area contributed by atoms with Crippen LogP contribution in [-0.2, 0) is 6.54 Å². The Kier molecular flexibility index (Phi) is 4.37. The van der Waals surface area contributed by atoms with Crippen molar-refractivity contribution in [3.63, 3.8) is 0 Å². The maximum atomic E-state index is 4.26. The van der Waals surface area contributed by atoms with E-state index in [1.165, 1.54) is 37.9 Å². The van der Waals surface area contributed by atoms with Crippen LogP contribution in [0.3, 0.4) is 0 Å². The highest BCUT2D eigenvalue weighted by molar-refractivity contribution is 5.09. The molecular weight excluding hydrogens is 246 g/mol. The molecule has 0 radical (unpaired) electrons. The zero-order chi connectivity index (χ0) is 13.9. The van der Waals surface area contributed by atoms with Crippen LogP contribution in [-0.4, -0.2) is 35.1 Å². The number of nitrogens with one attached hydrogen (secondary N) is 1. The molecule has 1 aliphatic heterocycles. The third-order valence-electron chi connectivity index (χ3n) is 5.09. The number of piperazine rings is 1. The fourth-order valence-corrected chi connectivity index (χ4v) is 3.37. The lowest BCUT2D eigenvalue weighted by Crippen LogP contribution is -2.58. The summed E-state index contributed by atoms with van der Waals surface area (Å²) in [6, 6.07) is 5.63. The van der Waals surface area contributed by atoms with Gasteiger partial charge in [-0.05, 0) is 36.3 Å². The summed E-state index contributed by atoms with van der Waals surface area (Å²) in [7, 11) is 0. The first-order chi connectivity index (χ1) is 9.78. The van der Waals surface area contributed by atoms with Crippen LogP contribution in [0, 0.1) is 11.8 Å². The predicted octanol–water partition coefficient (Wildman–Crippen LogP) is 2.68. The summed E-state index contributed by atoms with van der Waals surface area (Å²) in [5.41, 5.74) is 1.35. The van der Waals surface area contributed by atoms with E-state index in [0.717, 1.165) is 24.4 Å². The van der Waals surface area contributed by atoms with Crippen molar-refractivity contribution in [3.05, 3.63) is 30.1 Å². The van der Waals surface area contributed by atoms with E-state index in [9.17, 15) is 0 Å². The molecule has 0 amide bonds. The number of hydrogen-bond acceptors (Lipinski definition) is 3. The Balaban J connectivity index is 1.68. The van der Waals surface area contributed by atoms with Crippen LogP contribution >= 0.6 is 0 Å². The Hall–Kier alpha value is -0.930. The molecule has 2 fully saturated rings. The Morgan fingerprint density at radius 3 is 2.95 bits per heavy atom. The lowest BCUT2D eigenvalue weighted by molar-refractivity contribution is 0.0890. The van der Waals surface area contributed by atoms with Crippen molar-refractivity contribution in [3.8, 4) is 0 Å². The molecule has 0 spiro atoms. The van der Waals surface area contributed by atoms with Gasteiger partial charge in [-0.2, -0.15) is 0 Å². The number of aromatic nitrogens is 1. The molecule has 1 saturated heterocycles. The van der Waals surface area contributed by atoms with Crippen LogP contribution < -0.4 is 5.32 Å². The average Bonchev–Trinajstić information content (AvgIpc) is 3.32. The van der Waals surface area contributed by atoms with Gasteiger partial charge in [0, 0.05) is 44.1 Å². The van der Waals surface area contributed by atoms with Crippen LogP contribution in [0.5, 0.6) is 0 Å². The zero-order valence-corrected chi connectivity index (χ0v) is 12.8. The Morgan fingerprint density at radius 2 is 2.30 bits per heavy atom. The molecule has 1 aromatic rings. The Morgan fingerprint density at radius 1 is 1.45 bits per heavy atom. The molecule has 1 aromatic heterocycles. The molecule has 2 heterocycles.